The van der Waals surface area contributed by atoms with Gasteiger partial charge in [-0.1, -0.05) is 51.8 Å². The summed E-state index contributed by atoms with van der Waals surface area (Å²) in [5, 5.41) is 10.9. The molecular formula is C29H44FNO3Si. The summed E-state index contributed by atoms with van der Waals surface area (Å²) < 4.78 is 26.8. The van der Waals surface area contributed by atoms with Crippen LogP contribution in [0.25, 0.3) is 0 Å². The maximum absolute atomic E-state index is 14.8. The Morgan fingerprint density at radius 2 is 1.66 bits per heavy atom. The highest BCUT2D eigenvalue weighted by atomic mass is 28.4. The second-order valence-electron chi connectivity index (χ2n) is 10.8. The van der Waals surface area contributed by atoms with Crippen molar-refractivity contribution in [2.45, 2.75) is 70.7 Å². The van der Waals surface area contributed by atoms with E-state index >= 15 is 0 Å². The van der Waals surface area contributed by atoms with Gasteiger partial charge in [0.05, 0.1) is 6.61 Å². The lowest BCUT2D eigenvalue weighted by Gasteiger charge is -2.36. The molecule has 1 atom stereocenters. The molecule has 0 aliphatic heterocycles. The summed E-state index contributed by atoms with van der Waals surface area (Å²) in [7, 11) is 0.157. The number of hydrogen-bond acceptors (Lipinski definition) is 4. The van der Waals surface area contributed by atoms with Crippen molar-refractivity contribution in [2.75, 3.05) is 26.7 Å². The molecule has 0 amide bonds. The normalized spacial score (nSPS) is 13.1. The molecule has 0 aliphatic rings. The molecule has 35 heavy (non-hydrogen) atoms. The number of rotatable bonds is 14. The predicted molar refractivity (Wildman–Crippen MR) is 146 cm³/mol. The Bertz CT molecular complexity index is 925. The van der Waals surface area contributed by atoms with E-state index in [1.807, 2.05) is 18.2 Å². The van der Waals surface area contributed by atoms with Crippen molar-refractivity contribution in [3.8, 4) is 11.5 Å². The van der Waals surface area contributed by atoms with E-state index in [-0.39, 0.29) is 10.6 Å². The molecule has 0 fully saturated rings. The van der Waals surface area contributed by atoms with Crippen LogP contribution in [0.4, 0.5) is 4.39 Å². The summed E-state index contributed by atoms with van der Waals surface area (Å²) in [5.41, 5.74) is 0.859. The molecule has 0 heterocycles. The van der Waals surface area contributed by atoms with E-state index in [4.69, 9.17) is 9.16 Å². The molecule has 0 aromatic heterocycles. The first-order valence-electron chi connectivity index (χ1n) is 12.6. The van der Waals surface area contributed by atoms with E-state index in [0.717, 1.165) is 44.5 Å². The van der Waals surface area contributed by atoms with Gasteiger partial charge in [-0.3, -0.25) is 0 Å². The van der Waals surface area contributed by atoms with E-state index in [0.29, 0.717) is 17.9 Å². The van der Waals surface area contributed by atoms with E-state index in [1.165, 1.54) is 6.07 Å². The summed E-state index contributed by atoms with van der Waals surface area (Å²) in [4.78, 5) is 2.25. The third-order valence-corrected chi connectivity index (χ3v) is 11.1. The third kappa shape index (κ3) is 9.10. The van der Waals surface area contributed by atoms with Gasteiger partial charge in [0, 0.05) is 18.2 Å². The van der Waals surface area contributed by atoms with E-state index in [2.05, 4.69) is 52.4 Å². The Hall–Kier alpha value is -2.15. The van der Waals surface area contributed by atoms with Gasteiger partial charge in [0.2, 0.25) is 8.32 Å². The lowest BCUT2D eigenvalue weighted by molar-refractivity contribution is 0.214. The molecule has 2 aromatic carbocycles. The van der Waals surface area contributed by atoms with Crippen molar-refractivity contribution in [1.29, 1.82) is 0 Å². The van der Waals surface area contributed by atoms with Gasteiger partial charge in [-0.2, -0.15) is 0 Å². The smallest absolute Gasteiger partial charge is 0.250 e. The predicted octanol–water partition coefficient (Wildman–Crippen LogP) is 7.35. The van der Waals surface area contributed by atoms with Crippen molar-refractivity contribution < 1.29 is 18.7 Å². The number of aliphatic hydroxyl groups excluding tert-OH is 1. The Kier molecular flexibility index (Phi) is 11.0. The number of ether oxygens (including phenoxy) is 1. The highest BCUT2D eigenvalue weighted by Crippen LogP contribution is 2.37. The number of aliphatic hydroxyl groups is 1. The fourth-order valence-electron chi connectivity index (χ4n) is 3.50. The van der Waals surface area contributed by atoms with E-state index in [9.17, 15) is 9.50 Å². The lowest BCUT2D eigenvalue weighted by Crippen LogP contribution is -2.43. The Morgan fingerprint density at radius 1 is 1.03 bits per heavy atom. The van der Waals surface area contributed by atoms with Crippen LogP contribution in [-0.4, -0.2) is 45.1 Å². The summed E-state index contributed by atoms with van der Waals surface area (Å²) in [6, 6.07) is 12.0. The quantitative estimate of drug-likeness (QED) is 0.167. The molecule has 0 spiro atoms. The fourth-order valence-corrected chi connectivity index (χ4v) is 4.54. The maximum Gasteiger partial charge on any atom is 0.250 e. The van der Waals surface area contributed by atoms with Gasteiger partial charge in [-0.25, -0.2) is 4.39 Å². The molecule has 1 N–H and O–H groups in total. The van der Waals surface area contributed by atoms with Gasteiger partial charge < -0.3 is 19.2 Å². The molecule has 2 aromatic rings. The Balaban J connectivity index is 1.85. The first-order valence-corrected chi connectivity index (χ1v) is 15.5. The third-order valence-electron chi connectivity index (χ3n) is 6.79. The zero-order chi connectivity index (χ0) is 26.1. The highest BCUT2D eigenvalue weighted by molar-refractivity contribution is 6.74. The van der Waals surface area contributed by atoms with Gasteiger partial charge in [-0.05, 0) is 74.4 Å². The summed E-state index contributed by atoms with van der Waals surface area (Å²) in [6.07, 6.45) is 5.17. The number of likely N-dealkylation sites (N-methyl/N-ethyl adjacent to an activating group) is 1. The monoisotopic (exact) mass is 501 g/mol. The largest absolute Gasteiger partial charge is 0.544 e. The summed E-state index contributed by atoms with van der Waals surface area (Å²) in [5.74, 6) is 0.796. The topological polar surface area (TPSA) is 41.9 Å². The van der Waals surface area contributed by atoms with Crippen LogP contribution in [0.15, 0.2) is 55.1 Å². The molecule has 0 saturated carbocycles. The molecule has 0 aliphatic carbocycles. The summed E-state index contributed by atoms with van der Waals surface area (Å²) >= 11 is 0. The maximum atomic E-state index is 14.8. The van der Waals surface area contributed by atoms with Crippen LogP contribution >= 0.6 is 0 Å². The van der Waals surface area contributed by atoms with Crippen LogP contribution in [-0.2, 0) is 0 Å². The minimum atomic E-state index is -1.94. The molecule has 4 nitrogen and oxygen atoms in total. The summed E-state index contributed by atoms with van der Waals surface area (Å²) in [6.45, 7) is 17.3. The molecular weight excluding hydrogens is 457 g/mol. The average molecular weight is 502 g/mol. The van der Waals surface area contributed by atoms with Crippen LogP contribution < -0.4 is 9.16 Å². The molecule has 0 bridgehead atoms. The minimum absolute atomic E-state index is 0.0977. The molecule has 194 valence electrons. The van der Waals surface area contributed by atoms with Crippen LogP contribution in [0, 0.1) is 5.82 Å². The number of nitrogens with zero attached hydrogens (tertiary/aromatic N) is 1. The standard InChI is InChI=1S/C29H44FNO3Si/c1-8-19-31(5)20-11-9-10-12-21-33-25-17-18-26(27(30)22-25)28(32)23-13-15-24(16-14-23)34-35(6,7)29(2,3)4/h8,13-18,22,28,32H,1,9-12,19-21H2,2-7H3. The number of benzene rings is 2. The van der Waals surface area contributed by atoms with Gasteiger partial charge in [-0.15, -0.1) is 6.58 Å². The van der Waals surface area contributed by atoms with Crippen molar-refractivity contribution in [3.05, 3.63) is 72.1 Å². The van der Waals surface area contributed by atoms with Crippen LogP contribution in [0.2, 0.25) is 18.1 Å². The fraction of sp³-hybridized carbons (Fsp3) is 0.517. The van der Waals surface area contributed by atoms with Gasteiger partial charge in [0.1, 0.15) is 23.4 Å². The SMILES string of the molecule is C=CCN(C)CCCCCCOc1ccc(C(O)c2ccc(O[Si](C)(C)C(C)(C)C)cc2)c(F)c1. The van der Waals surface area contributed by atoms with Crippen molar-refractivity contribution in [3.63, 3.8) is 0 Å². The highest BCUT2D eigenvalue weighted by Gasteiger charge is 2.38. The minimum Gasteiger partial charge on any atom is -0.544 e. The molecule has 1 unspecified atom stereocenters. The van der Waals surface area contributed by atoms with E-state index in [1.54, 1.807) is 24.3 Å². The first-order chi connectivity index (χ1) is 16.4. The van der Waals surface area contributed by atoms with Crippen LogP contribution in [0.3, 0.4) is 0 Å². The molecule has 0 radical (unpaired) electrons. The second kappa shape index (κ2) is 13.2. The molecule has 2 rings (SSSR count). The lowest BCUT2D eigenvalue weighted by atomic mass is 10.0. The van der Waals surface area contributed by atoms with Gasteiger partial charge >= 0.3 is 0 Å². The van der Waals surface area contributed by atoms with Gasteiger partial charge in [0.25, 0.3) is 0 Å². The average Bonchev–Trinajstić information content (AvgIpc) is 2.78. The van der Waals surface area contributed by atoms with E-state index < -0.39 is 20.2 Å². The van der Waals surface area contributed by atoms with Crippen molar-refractivity contribution in [2.24, 2.45) is 0 Å². The second-order valence-corrected chi connectivity index (χ2v) is 15.6. The zero-order valence-electron chi connectivity index (χ0n) is 22.4. The zero-order valence-corrected chi connectivity index (χ0v) is 23.4. The first kappa shape index (κ1) is 29.1. The Morgan fingerprint density at radius 3 is 2.26 bits per heavy atom. The molecule has 0 saturated heterocycles. The van der Waals surface area contributed by atoms with Crippen molar-refractivity contribution in [1.82, 2.24) is 4.90 Å². The van der Waals surface area contributed by atoms with Crippen LogP contribution in [0.5, 0.6) is 11.5 Å². The number of unbranched alkanes of at least 4 members (excludes halogenated alkanes) is 3. The molecule has 6 heteroatoms. The Labute approximate surface area is 212 Å². The number of hydrogen-bond donors (Lipinski definition) is 1. The van der Waals surface area contributed by atoms with Crippen LogP contribution in [0.1, 0.15) is 63.7 Å². The number of halogens is 1. The van der Waals surface area contributed by atoms with Crippen molar-refractivity contribution >= 4 is 8.32 Å². The van der Waals surface area contributed by atoms with Gasteiger partial charge in [0.15, 0.2) is 0 Å².